The van der Waals surface area contributed by atoms with Crippen LogP contribution in [-0.4, -0.2) is 45.8 Å². The second-order valence-corrected chi connectivity index (χ2v) is 8.19. The van der Waals surface area contributed by atoms with Gasteiger partial charge in [0, 0.05) is 12.6 Å². The number of sulfone groups is 1. The third kappa shape index (κ3) is 3.36. The van der Waals surface area contributed by atoms with Crippen molar-refractivity contribution in [2.24, 2.45) is 0 Å². The molecule has 4 unspecified atom stereocenters. The van der Waals surface area contributed by atoms with Crippen LogP contribution in [-0.2, 0) is 14.6 Å². The molecular weight excluding hydrogens is 362 g/mol. The molecule has 26 heavy (non-hydrogen) atoms. The highest BCUT2D eigenvalue weighted by Crippen LogP contribution is 2.32. The van der Waals surface area contributed by atoms with Gasteiger partial charge in [-0.1, -0.05) is 17.7 Å². The molecule has 0 bridgehead atoms. The van der Waals surface area contributed by atoms with Crippen LogP contribution in [0.3, 0.4) is 0 Å². The van der Waals surface area contributed by atoms with Crippen molar-refractivity contribution in [3.05, 3.63) is 52.6 Å². The Hall–Kier alpha value is -2.27. The molecule has 0 spiro atoms. The van der Waals surface area contributed by atoms with E-state index in [4.69, 9.17) is 10.5 Å². The van der Waals surface area contributed by atoms with Crippen LogP contribution < -0.4 is 11.4 Å². The second-order valence-electron chi connectivity index (χ2n) is 6.15. The van der Waals surface area contributed by atoms with Gasteiger partial charge >= 0.3 is 5.69 Å². The SMILES string of the molecule is Cc1ccc(S(=O)(=O)C(O)C2OC(n3ccc(N)nc3=O)CC2O)cc1. The van der Waals surface area contributed by atoms with E-state index in [1.54, 1.807) is 19.1 Å². The van der Waals surface area contributed by atoms with E-state index in [0.29, 0.717) is 0 Å². The smallest absolute Gasteiger partial charge is 0.351 e. The van der Waals surface area contributed by atoms with Gasteiger partial charge in [0.1, 0.15) is 18.1 Å². The summed E-state index contributed by atoms with van der Waals surface area (Å²) in [5.74, 6) is 0.0309. The lowest BCUT2D eigenvalue weighted by atomic mass is 10.2. The van der Waals surface area contributed by atoms with Gasteiger partial charge in [-0.3, -0.25) is 4.57 Å². The highest BCUT2D eigenvalue weighted by Gasteiger charge is 2.45. The fourth-order valence-corrected chi connectivity index (χ4v) is 4.19. The molecule has 1 aromatic carbocycles. The molecule has 2 heterocycles. The predicted molar refractivity (Wildman–Crippen MR) is 91.8 cm³/mol. The maximum atomic E-state index is 12.6. The third-order valence-corrected chi connectivity index (χ3v) is 6.08. The number of nitrogens with two attached hydrogens (primary N) is 1. The monoisotopic (exact) mass is 381 g/mol. The summed E-state index contributed by atoms with van der Waals surface area (Å²) < 4.78 is 31.7. The number of benzene rings is 1. The van der Waals surface area contributed by atoms with Crippen molar-refractivity contribution < 1.29 is 23.4 Å². The van der Waals surface area contributed by atoms with E-state index in [-0.39, 0.29) is 17.1 Å². The normalized spacial score (nSPS) is 24.5. The molecule has 9 nitrogen and oxygen atoms in total. The van der Waals surface area contributed by atoms with Crippen LogP contribution >= 0.6 is 0 Å². The fourth-order valence-electron chi connectivity index (χ4n) is 2.79. The van der Waals surface area contributed by atoms with Gasteiger partial charge in [-0.05, 0) is 25.1 Å². The first-order chi connectivity index (χ1) is 12.2. The molecule has 1 saturated heterocycles. The highest BCUT2D eigenvalue weighted by atomic mass is 32.2. The van der Waals surface area contributed by atoms with Crippen molar-refractivity contribution in [2.45, 2.75) is 42.1 Å². The Morgan fingerprint density at radius 1 is 1.31 bits per heavy atom. The van der Waals surface area contributed by atoms with Crippen LogP contribution in [0.2, 0.25) is 0 Å². The number of aliphatic hydroxyl groups excluding tert-OH is 2. The number of aliphatic hydroxyl groups is 2. The summed E-state index contributed by atoms with van der Waals surface area (Å²) in [5, 5.41) is 20.5. The molecule has 0 aliphatic carbocycles. The fraction of sp³-hybridized carbons (Fsp3) is 0.375. The van der Waals surface area contributed by atoms with Crippen LogP contribution in [0, 0.1) is 6.92 Å². The number of hydrogen-bond acceptors (Lipinski definition) is 8. The zero-order valence-corrected chi connectivity index (χ0v) is 14.7. The Morgan fingerprint density at radius 3 is 2.58 bits per heavy atom. The Bertz CT molecular complexity index is 957. The van der Waals surface area contributed by atoms with Gasteiger partial charge in [0.05, 0.1) is 11.0 Å². The average Bonchev–Trinajstić information content (AvgIpc) is 2.95. The first-order valence-corrected chi connectivity index (χ1v) is 9.41. The molecule has 1 fully saturated rings. The molecule has 1 aromatic heterocycles. The van der Waals surface area contributed by atoms with Gasteiger partial charge in [0.25, 0.3) is 0 Å². The molecule has 140 valence electrons. The van der Waals surface area contributed by atoms with Crippen LogP contribution in [0.5, 0.6) is 0 Å². The van der Waals surface area contributed by atoms with E-state index in [1.165, 1.54) is 24.4 Å². The van der Waals surface area contributed by atoms with Gasteiger partial charge < -0.3 is 20.7 Å². The molecule has 2 aromatic rings. The van der Waals surface area contributed by atoms with E-state index in [9.17, 15) is 23.4 Å². The van der Waals surface area contributed by atoms with Crippen LogP contribution in [0.25, 0.3) is 0 Å². The molecule has 4 N–H and O–H groups in total. The highest BCUT2D eigenvalue weighted by molar-refractivity contribution is 7.92. The number of hydrogen-bond donors (Lipinski definition) is 3. The Morgan fingerprint density at radius 2 is 1.96 bits per heavy atom. The lowest BCUT2D eigenvalue weighted by Crippen LogP contribution is -2.40. The molecule has 3 rings (SSSR count). The molecule has 0 radical (unpaired) electrons. The van der Waals surface area contributed by atoms with Gasteiger partial charge in [0.15, 0.2) is 5.44 Å². The topological polar surface area (TPSA) is 145 Å². The van der Waals surface area contributed by atoms with Crippen molar-refractivity contribution >= 4 is 15.7 Å². The number of nitrogen functional groups attached to an aromatic ring is 1. The Labute approximate surface area is 149 Å². The lowest BCUT2D eigenvalue weighted by molar-refractivity contribution is -0.0587. The van der Waals surface area contributed by atoms with Gasteiger partial charge in [-0.2, -0.15) is 4.98 Å². The first-order valence-electron chi connectivity index (χ1n) is 7.87. The molecule has 1 aliphatic rings. The maximum Gasteiger partial charge on any atom is 0.351 e. The van der Waals surface area contributed by atoms with Gasteiger partial charge in [0.2, 0.25) is 9.84 Å². The van der Waals surface area contributed by atoms with Crippen LogP contribution in [0.1, 0.15) is 18.2 Å². The predicted octanol–water partition coefficient (Wildman–Crippen LogP) is -0.425. The number of aromatic nitrogens is 2. The zero-order valence-electron chi connectivity index (χ0n) is 13.9. The minimum Gasteiger partial charge on any atom is -0.390 e. The first kappa shape index (κ1) is 18.5. The number of rotatable bonds is 4. The van der Waals surface area contributed by atoms with E-state index < -0.39 is 39.4 Å². The largest absolute Gasteiger partial charge is 0.390 e. The van der Waals surface area contributed by atoms with Crippen molar-refractivity contribution in [3.8, 4) is 0 Å². The second kappa shape index (κ2) is 6.80. The Balaban J connectivity index is 1.85. The molecular formula is C16H19N3O6S. The number of anilines is 1. The van der Waals surface area contributed by atoms with Crippen molar-refractivity contribution in [2.75, 3.05) is 5.73 Å². The van der Waals surface area contributed by atoms with E-state index in [2.05, 4.69) is 4.98 Å². The van der Waals surface area contributed by atoms with Gasteiger partial charge in [-0.25, -0.2) is 13.2 Å². The molecule has 1 aliphatic heterocycles. The summed E-state index contributed by atoms with van der Waals surface area (Å²) in [6.07, 6.45) is -2.38. The average molecular weight is 381 g/mol. The number of aryl methyl sites for hydroxylation is 1. The summed E-state index contributed by atoms with van der Waals surface area (Å²) in [4.78, 5) is 15.4. The molecule has 0 amide bonds. The van der Waals surface area contributed by atoms with Crippen molar-refractivity contribution in [3.63, 3.8) is 0 Å². The minimum absolute atomic E-state index is 0.0309. The summed E-state index contributed by atoms with van der Waals surface area (Å²) in [7, 11) is -4.15. The lowest BCUT2D eigenvalue weighted by Gasteiger charge is -2.21. The standard InChI is InChI=1S/C16H19N3O6S/c1-9-2-4-10(5-3-9)26(23,24)15(21)14-11(20)8-13(25-14)19-7-6-12(17)18-16(19)22/h2-7,11,13-15,20-21H,8H2,1H3,(H2,17,18,22). The van der Waals surface area contributed by atoms with E-state index in [1.807, 2.05) is 0 Å². The molecule has 10 heteroatoms. The molecule has 0 saturated carbocycles. The zero-order chi connectivity index (χ0) is 19.1. The number of ether oxygens (including phenoxy) is 1. The summed E-state index contributed by atoms with van der Waals surface area (Å²) in [6, 6.07) is 7.34. The number of nitrogens with zero attached hydrogens (tertiary/aromatic N) is 2. The summed E-state index contributed by atoms with van der Waals surface area (Å²) in [6.45, 7) is 1.81. The van der Waals surface area contributed by atoms with Crippen LogP contribution in [0.4, 0.5) is 5.82 Å². The quantitative estimate of drug-likeness (QED) is 0.647. The van der Waals surface area contributed by atoms with Crippen molar-refractivity contribution in [1.82, 2.24) is 9.55 Å². The Kier molecular flexibility index (Phi) is 4.84. The van der Waals surface area contributed by atoms with E-state index >= 15 is 0 Å². The maximum absolute atomic E-state index is 12.6. The van der Waals surface area contributed by atoms with Gasteiger partial charge in [-0.15, -0.1) is 0 Å². The summed E-state index contributed by atoms with van der Waals surface area (Å²) >= 11 is 0. The van der Waals surface area contributed by atoms with Crippen LogP contribution in [0.15, 0.2) is 46.2 Å². The third-order valence-electron chi connectivity index (χ3n) is 4.25. The minimum atomic E-state index is -4.15. The molecule has 4 atom stereocenters. The van der Waals surface area contributed by atoms with E-state index in [0.717, 1.165) is 10.1 Å². The van der Waals surface area contributed by atoms with Crippen molar-refractivity contribution in [1.29, 1.82) is 0 Å². The summed E-state index contributed by atoms with van der Waals surface area (Å²) in [5.41, 5.74) is 3.61.